The lowest BCUT2D eigenvalue weighted by molar-refractivity contribution is 0.587. The van der Waals surface area contributed by atoms with Gasteiger partial charge in [-0.2, -0.15) is 5.10 Å². The van der Waals surface area contributed by atoms with E-state index in [0.717, 1.165) is 22.5 Å². The van der Waals surface area contributed by atoms with Crippen LogP contribution in [0.5, 0.6) is 0 Å². The second-order valence-corrected chi connectivity index (χ2v) is 5.27. The van der Waals surface area contributed by atoms with E-state index >= 15 is 0 Å². The predicted octanol–water partition coefficient (Wildman–Crippen LogP) is 1.93. The largest absolute Gasteiger partial charge is 0.312 e. The van der Waals surface area contributed by atoms with Crippen LogP contribution in [0.1, 0.15) is 16.6 Å². The van der Waals surface area contributed by atoms with Gasteiger partial charge in [0.05, 0.1) is 28.3 Å². The molecule has 1 atom stereocenters. The lowest BCUT2D eigenvalue weighted by Gasteiger charge is -2.11. The normalized spacial score (nSPS) is 12.9. The van der Waals surface area contributed by atoms with Crippen LogP contribution in [0.3, 0.4) is 0 Å². The van der Waals surface area contributed by atoms with E-state index < -0.39 is 0 Å². The van der Waals surface area contributed by atoms with Gasteiger partial charge in [0, 0.05) is 18.9 Å². The average Bonchev–Trinajstić information content (AvgIpc) is 3.06. The minimum Gasteiger partial charge on any atom is -0.312 e. The molecule has 0 bridgehead atoms. The van der Waals surface area contributed by atoms with E-state index in [-0.39, 0.29) is 6.04 Å². The maximum absolute atomic E-state index is 4.63. The molecule has 0 aliphatic carbocycles. The number of hydrogen-bond donors (Lipinski definition) is 1. The van der Waals surface area contributed by atoms with Crippen molar-refractivity contribution >= 4 is 22.4 Å². The Morgan fingerprint density at radius 3 is 2.95 bits per heavy atom. The molecule has 2 aromatic heterocycles. The summed E-state index contributed by atoms with van der Waals surface area (Å²) in [6.45, 7) is 0. The summed E-state index contributed by atoms with van der Waals surface area (Å²) < 4.78 is 5.86. The number of likely N-dealkylation sites (N-methyl/N-ethyl adjacent to an activating group) is 1. The molecule has 3 rings (SSSR count). The molecule has 2 heterocycles. The highest BCUT2D eigenvalue weighted by atomic mass is 32.1. The summed E-state index contributed by atoms with van der Waals surface area (Å²) in [5, 5.41) is 13.0. The van der Waals surface area contributed by atoms with Gasteiger partial charge >= 0.3 is 0 Å². The Morgan fingerprint density at radius 2 is 2.21 bits per heavy atom. The molecule has 6 heteroatoms. The summed E-state index contributed by atoms with van der Waals surface area (Å²) in [7, 11) is 3.93. The molecular weight excluding hydrogens is 258 g/mol. The summed E-state index contributed by atoms with van der Waals surface area (Å²) >= 11 is 1.43. The van der Waals surface area contributed by atoms with Crippen LogP contribution in [-0.4, -0.2) is 26.4 Å². The Morgan fingerprint density at radius 1 is 1.37 bits per heavy atom. The minimum absolute atomic E-state index is 0.207. The van der Waals surface area contributed by atoms with Gasteiger partial charge < -0.3 is 5.32 Å². The number of benzene rings is 1. The molecular formula is C13H15N5S. The Bertz CT molecular complexity index is 673. The van der Waals surface area contributed by atoms with E-state index in [1.165, 1.54) is 16.9 Å². The SMILES string of the molecule is CNC(Cc1nn(C)c2ccccc12)c1cnns1. The Labute approximate surface area is 115 Å². The molecule has 0 radical (unpaired) electrons. The van der Waals surface area contributed by atoms with Gasteiger partial charge in [0.15, 0.2) is 0 Å². The van der Waals surface area contributed by atoms with Crippen molar-refractivity contribution in [1.29, 1.82) is 0 Å². The third-order valence-electron chi connectivity index (χ3n) is 3.30. The fraction of sp³-hybridized carbons (Fsp3) is 0.308. The lowest BCUT2D eigenvalue weighted by Crippen LogP contribution is -2.18. The molecule has 0 aliphatic heterocycles. The molecule has 5 nitrogen and oxygen atoms in total. The zero-order chi connectivity index (χ0) is 13.2. The van der Waals surface area contributed by atoms with Crippen molar-refractivity contribution in [3.05, 3.63) is 41.0 Å². The second-order valence-electron chi connectivity index (χ2n) is 4.45. The molecule has 0 saturated carbocycles. The van der Waals surface area contributed by atoms with Gasteiger partial charge in [-0.3, -0.25) is 4.68 Å². The molecule has 0 spiro atoms. The quantitative estimate of drug-likeness (QED) is 0.789. The molecule has 0 amide bonds. The topological polar surface area (TPSA) is 55.6 Å². The summed E-state index contributed by atoms with van der Waals surface area (Å²) in [5.41, 5.74) is 2.26. The molecule has 1 N–H and O–H groups in total. The molecule has 0 saturated heterocycles. The molecule has 3 aromatic rings. The minimum atomic E-state index is 0.207. The summed E-state index contributed by atoms with van der Waals surface area (Å²) in [6.07, 6.45) is 2.65. The van der Waals surface area contributed by atoms with Gasteiger partial charge in [-0.05, 0) is 24.6 Å². The average molecular weight is 273 g/mol. The number of rotatable bonds is 4. The van der Waals surface area contributed by atoms with Crippen molar-refractivity contribution in [3.63, 3.8) is 0 Å². The first-order valence-corrected chi connectivity index (χ1v) is 6.92. The van der Waals surface area contributed by atoms with Crippen LogP contribution in [0, 0.1) is 0 Å². The monoisotopic (exact) mass is 273 g/mol. The van der Waals surface area contributed by atoms with Crippen molar-refractivity contribution < 1.29 is 0 Å². The zero-order valence-corrected chi connectivity index (χ0v) is 11.7. The van der Waals surface area contributed by atoms with E-state index in [1.54, 1.807) is 0 Å². The van der Waals surface area contributed by atoms with Crippen LogP contribution < -0.4 is 5.32 Å². The van der Waals surface area contributed by atoms with Crippen LogP contribution in [-0.2, 0) is 13.5 Å². The van der Waals surface area contributed by atoms with E-state index in [0.29, 0.717) is 0 Å². The summed E-state index contributed by atoms with van der Waals surface area (Å²) in [5.74, 6) is 0. The maximum atomic E-state index is 4.63. The van der Waals surface area contributed by atoms with Crippen molar-refractivity contribution in [3.8, 4) is 0 Å². The molecule has 0 aliphatic rings. The Balaban J connectivity index is 1.97. The predicted molar refractivity (Wildman–Crippen MR) is 76.1 cm³/mol. The van der Waals surface area contributed by atoms with E-state index in [1.807, 2.05) is 31.0 Å². The van der Waals surface area contributed by atoms with Gasteiger partial charge in [-0.15, -0.1) is 5.10 Å². The van der Waals surface area contributed by atoms with Crippen LogP contribution in [0.25, 0.3) is 10.9 Å². The fourth-order valence-corrected chi connectivity index (χ4v) is 2.92. The van der Waals surface area contributed by atoms with Crippen molar-refractivity contribution in [2.24, 2.45) is 7.05 Å². The lowest BCUT2D eigenvalue weighted by atomic mass is 10.1. The van der Waals surface area contributed by atoms with Crippen LogP contribution in [0.4, 0.5) is 0 Å². The highest BCUT2D eigenvalue weighted by Gasteiger charge is 2.16. The van der Waals surface area contributed by atoms with Gasteiger partial charge in [0.1, 0.15) is 0 Å². The number of nitrogens with zero attached hydrogens (tertiary/aromatic N) is 4. The highest BCUT2D eigenvalue weighted by Crippen LogP contribution is 2.24. The van der Waals surface area contributed by atoms with Gasteiger partial charge in [-0.25, -0.2) is 0 Å². The number of fused-ring (bicyclic) bond motifs is 1. The molecule has 19 heavy (non-hydrogen) atoms. The summed E-state index contributed by atoms with van der Waals surface area (Å²) in [6, 6.07) is 8.51. The first-order chi connectivity index (χ1) is 9.29. The maximum Gasteiger partial charge on any atom is 0.0722 e. The van der Waals surface area contributed by atoms with Crippen molar-refractivity contribution in [2.75, 3.05) is 7.05 Å². The number of hydrogen-bond acceptors (Lipinski definition) is 5. The third kappa shape index (κ3) is 2.24. The van der Waals surface area contributed by atoms with E-state index in [9.17, 15) is 0 Å². The van der Waals surface area contributed by atoms with Gasteiger partial charge in [0.25, 0.3) is 0 Å². The Hall–Kier alpha value is -1.79. The second kappa shape index (κ2) is 5.07. The number of aromatic nitrogens is 4. The highest BCUT2D eigenvalue weighted by molar-refractivity contribution is 7.05. The number of aryl methyl sites for hydroxylation is 1. The standard InChI is InChI=1S/C13H15N5S/c1-14-11(13-8-15-17-19-13)7-10-9-5-3-4-6-12(9)18(2)16-10/h3-6,8,11,14H,7H2,1-2H3. The van der Waals surface area contributed by atoms with Crippen molar-refractivity contribution in [1.82, 2.24) is 24.7 Å². The first kappa shape index (κ1) is 12.3. The number of nitrogens with one attached hydrogen (secondary N) is 1. The first-order valence-electron chi connectivity index (χ1n) is 6.14. The fourth-order valence-electron chi connectivity index (χ4n) is 2.31. The zero-order valence-electron chi connectivity index (χ0n) is 10.9. The molecule has 0 fully saturated rings. The van der Waals surface area contributed by atoms with Gasteiger partial charge in [0.2, 0.25) is 0 Å². The molecule has 1 unspecified atom stereocenters. The Kier molecular flexibility index (Phi) is 3.27. The van der Waals surface area contributed by atoms with E-state index in [4.69, 9.17) is 0 Å². The van der Waals surface area contributed by atoms with Gasteiger partial charge in [-0.1, -0.05) is 22.7 Å². The smallest absolute Gasteiger partial charge is 0.0722 e. The van der Waals surface area contributed by atoms with E-state index in [2.05, 4.69) is 38.2 Å². The van der Waals surface area contributed by atoms with Crippen molar-refractivity contribution in [2.45, 2.75) is 12.5 Å². The van der Waals surface area contributed by atoms with Crippen LogP contribution in [0.2, 0.25) is 0 Å². The van der Waals surface area contributed by atoms with Crippen LogP contribution >= 0.6 is 11.5 Å². The van der Waals surface area contributed by atoms with Crippen LogP contribution in [0.15, 0.2) is 30.5 Å². The molecule has 98 valence electrons. The number of para-hydroxylation sites is 1. The molecule has 1 aromatic carbocycles. The summed E-state index contributed by atoms with van der Waals surface area (Å²) in [4.78, 5) is 1.14. The third-order valence-corrected chi connectivity index (χ3v) is 4.08.